The zero-order valence-electron chi connectivity index (χ0n) is 17.3. The second-order valence-electron chi connectivity index (χ2n) is 8.41. The number of hydrogen-bond acceptors (Lipinski definition) is 5. The van der Waals surface area contributed by atoms with Gasteiger partial charge < -0.3 is 19.6 Å². The topological polar surface area (TPSA) is 64.2 Å². The van der Waals surface area contributed by atoms with Crippen molar-refractivity contribution in [2.24, 2.45) is 0 Å². The number of hydrogen-bond donors (Lipinski definition) is 0. The lowest BCUT2D eigenvalue weighted by molar-refractivity contribution is -0.146. The highest BCUT2D eigenvalue weighted by molar-refractivity contribution is 7.14. The van der Waals surface area contributed by atoms with E-state index in [1.807, 2.05) is 45.8 Å². The Morgan fingerprint density at radius 1 is 1.21 bits per heavy atom. The molecule has 8 heteroatoms. The van der Waals surface area contributed by atoms with Crippen molar-refractivity contribution in [1.29, 1.82) is 0 Å². The molecule has 2 bridgehead atoms. The highest BCUT2D eigenvalue weighted by Crippen LogP contribution is 2.35. The molecule has 5 heterocycles. The van der Waals surface area contributed by atoms with Crippen molar-refractivity contribution in [1.82, 2.24) is 19.6 Å². The summed E-state index contributed by atoms with van der Waals surface area (Å²) in [4.78, 5) is 46.8. The van der Waals surface area contributed by atoms with Crippen LogP contribution in [-0.4, -0.2) is 89.7 Å². The molecule has 0 radical (unpaired) electrons. The van der Waals surface area contributed by atoms with Crippen molar-refractivity contribution in [3.63, 3.8) is 0 Å². The Bertz CT molecular complexity index is 850. The number of carbonyl (C=O) groups is 3. The van der Waals surface area contributed by atoms with Gasteiger partial charge in [0.2, 0.25) is 11.8 Å². The number of thiophene rings is 1. The molecule has 1 aromatic heterocycles. The van der Waals surface area contributed by atoms with Gasteiger partial charge >= 0.3 is 0 Å². The summed E-state index contributed by atoms with van der Waals surface area (Å²) in [6.07, 6.45) is 5.34. The Hall–Kier alpha value is -2.19. The van der Waals surface area contributed by atoms with Crippen LogP contribution in [0.1, 0.15) is 33.5 Å². The molecule has 156 valence electrons. The van der Waals surface area contributed by atoms with Crippen LogP contribution in [0.5, 0.6) is 0 Å². The highest BCUT2D eigenvalue weighted by Gasteiger charge is 2.47. The van der Waals surface area contributed by atoms with Gasteiger partial charge in [-0.05, 0) is 38.6 Å². The minimum absolute atomic E-state index is 0.0520. The molecule has 3 fully saturated rings. The van der Waals surface area contributed by atoms with E-state index in [1.165, 1.54) is 4.88 Å². The van der Waals surface area contributed by atoms with Gasteiger partial charge in [0.25, 0.3) is 5.91 Å². The molecule has 0 N–H and O–H groups in total. The Morgan fingerprint density at radius 2 is 1.93 bits per heavy atom. The number of likely N-dealkylation sites (N-methyl/N-ethyl adjacent to an activating group) is 1. The first-order chi connectivity index (χ1) is 13.8. The van der Waals surface area contributed by atoms with Gasteiger partial charge in [-0.2, -0.15) is 0 Å². The van der Waals surface area contributed by atoms with E-state index in [0.29, 0.717) is 19.6 Å². The summed E-state index contributed by atoms with van der Waals surface area (Å²) in [7, 11) is 3.94. The first-order valence-corrected chi connectivity index (χ1v) is 10.9. The Morgan fingerprint density at radius 3 is 2.59 bits per heavy atom. The standard InChI is InChI=1S/C21H28N4O3S/c1-14(26)23-8-6-18-15(11-23)9-19(29-18)21(28)24-12-16-10-17(13-24)25(16)20(27)5-4-7-22(2)3/h4-5,9,16-17H,6-8,10-13H2,1-3H3/b5-4+. The SMILES string of the molecule is CC(=O)N1CCc2sc(C(=O)N3CC4CC(C3)N4C(=O)/C=C/CN(C)C)cc2C1. The zero-order valence-corrected chi connectivity index (χ0v) is 18.1. The minimum Gasteiger partial charge on any atom is -0.338 e. The van der Waals surface area contributed by atoms with Crippen LogP contribution in [0.2, 0.25) is 0 Å². The molecule has 0 aromatic carbocycles. The summed E-state index contributed by atoms with van der Waals surface area (Å²) in [5.74, 6) is 0.190. The van der Waals surface area contributed by atoms with E-state index in [2.05, 4.69) is 0 Å². The number of fused-ring (bicyclic) bond motifs is 3. The van der Waals surface area contributed by atoms with Gasteiger partial charge in [-0.25, -0.2) is 0 Å². The highest BCUT2D eigenvalue weighted by atomic mass is 32.1. The molecular weight excluding hydrogens is 388 g/mol. The van der Waals surface area contributed by atoms with Crippen molar-refractivity contribution < 1.29 is 14.4 Å². The predicted octanol–water partition coefficient (Wildman–Crippen LogP) is 1.20. The van der Waals surface area contributed by atoms with Gasteiger partial charge in [-0.3, -0.25) is 14.4 Å². The van der Waals surface area contributed by atoms with E-state index in [4.69, 9.17) is 0 Å². The van der Waals surface area contributed by atoms with Crippen LogP contribution < -0.4 is 0 Å². The van der Waals surface area contributed by atoms with Gasteiger partial charge in [-0.15, -0.1) is 11.3 Å². The molecular formula is C21H28N4O3S. The molecule has 0 saturated carbocycles. The Labute approximate surface area is 175 Å². The number of piperazine rings is 1. The van der Waals surface area contributed by atoms with Crippen molar-refractivity contribution in [3.05, 3.63) is 33.5 Å². The van der Waals surface area contributed by atoms with E-state index in [9.17, 15) is 14.4 Å². The third-order valence-electron chi connectivity index (χ3n) is 5.99. The fourth-order valence-corrected chi connectivity index (χ4v) is 5.58. The van der Waals surface area contributed by atoms with Crippen LogP contribution in [0.4, 0.5) is 0 Å². The molecule has 29 heavy (non-hydrogen) atoms. The Balaban J connectivity index is 1.37. The first kappa shape index (κ1) is 20.1. The minimum atomic E-state index is 0.0520. The van der Waals surface area contributed by atoms with Gasteiger partial charge in [-0.1, -0.05) is 6.08 Å². The van der Waals surface area contributed by atoms with Crippen LogP contribution in [-0.2, 0) is 22.6 Å². The van der Waals surface area contributed by atoms with Crippen LogP contribution in [0.15, 0.2) is 18.2 Å². The predicted molar refractivity (Wildman–Crippen MR) is 112 cm³/mol. The van der Waals surface area contributed by atoms with Gasteiger partial charge in [0.15, 0.2) is 0 Å². The maximum absolute atomic E-state index is 13.1. The molecule has 0 spiro atoms. The molecule has 4 aliphatic heterocycles. The second-order valence-corrected chi connectivity index (χ2v) is 9.55. The fourth-order valence-electron chi connectivity index (χ4n) is 4.45. The smallest absolute Gasteiger partial charge is 0.264 e. The van der Waals surface area contributed by atoms with Crippen LogP contribution >= 0.6 is 11.3 Å². The fraction of sp³-hybridized carbons (Fsp3) is 0.571. The molecule has 5 rings (SSSR count). The molecule has 0 aliphatic carbocycles. The van der Waals surface area contributed by atoms with E-state index >= 15 is 0 Å². The number of nitrogens with zero attached hydrogens (tertiary/aromatic N) is 4. The lowest BCUT2D eigenvalue weighted by atomic mass is 9.87. The maximum atomic E-state index is 13.1. The van der Waals surface area contributed by atoms with E-state index in [0.717, 1.165) is 36.4 Å². The number of rotatable bonds is 4. The third kappa shape index (κ3) is 3.96. The molecule has 2 atom stereocenters. The van der Waals surface area contributed by atoms with Crippen molar-refractivity contribution in [2.75, 3.05) is 40.3 Å². The Kier molecular flexibility index (Phi) is 5.48. The van der Waals surface area contributed by atoms with Crippen LogP contribution in [0.3, 0.4) is 0 Å². The van der Waals surface area contributed by atoms with E-state index in [1.54, 1.807) is 24.3 Å². The quantitative estimate of drug-likeness (QED) is 0.692. The van der Waals surface area contributed by atoms with Crippen LogP contribution in [0, 0.1) is 0 Å². The molecule has 3 saturated heterocycles. The summed E-state index contributed by atoms with van der Waals surface area (Å²) in [6.45, 7) is 4.86. The lowest BCUT2D eigenvalue weighted by Gasteiger charge is -2.55. The number of amides is 3. The first-order valence-electron chi connectivity index (χ1n) is 10.1. The summed E-state index contributed by atoms with van der Waals surface area (Å²) in [6, 6.07) is 2.21. The lowest BCUT2D eigenvalue weighted by Crippen LogP contribution is -2.70. The van der Waals surface area contributed by atoms with E-state index < -0.39 is 0 Å². The summed E-state index contributed by atoms with van der Waals surface area (Å²) < 4.78 is 0. The monoisotopic (exact) mass is 416 g/mol. The number of piperidine rings is 1. The van der Waals surface area contributed by atoms with Crippen LogP contribution in [0.25, 0.3) is 0 Å². The maximum Gasteiger partial charge on any atom is 0.264 e. The van der Waals surface area contributed by atoms with Gasteiger partial charge in [0.05, 0.1) is 17.0 Å². The normalized spacial score (nSPS) is 23.4. The third-order valence-corrected chi connectivity index (χ3v) is 7.21. The average Bonchev–Trinajstić information content (AvgIpc) is 3.10. The van der Waals surface area contributed by atoms with Gasteiger partial charge in [0.1, 0.15) is 0 Å². The van der Waals surface area contributed by atoms with Crippen molar-refractivity contribution >= 4 is 29.1 Å². The molecule has 3 amide bonds. The summed E-state index contributed by atoms with van der Waals surface area (Å²) in [5, 5.41) is 0. The molecule has 7 nitrogen and oxygen atoms in total. The zero-order chi connectivity index (χ0) is 20.7. The van der Waals surface area contributed by atoms with Gasteiger partial charge in [0, 0.05) is 50.6 Å². The number of carbonyl (C=O) groups excluding carboxylic acids is 3. The largest absolute Gasteiger partial charge is 0.338 e. The molecule has 1 aromatic rings. The summed E-state index contributed by atoms with van der Waals surface area (Å²) in [5.41, 5.74) is 1.10. The molecule has 2 unspecified atom stereocenters. The second kappa shape index (κ2) is 7.91. The average molecular weight is 417 g/mol. The van der Waals surface area contributed by atoms with Crippen molar-refractivity contribution in [3.8, 4) is 0 Å². The summed E-state index contributed by atoms with van der Waals surface area (Å²) >= 11 is 1.56. The van der Waals surface area contributed by atoms with Crippen molar-refractivity contribution in [2.45, 2.75) is 38.4 Å². The van der Waals surface area contributed by atoms with E-state index in [-0.39, 0.29) is 29.8 Å². The molecule has 4 aliphatic rings.